The fourth-order valence-electron chi connectivity index (χ4n) is 2.33. The average molecular weight is 253 g/mol. The van der Waals surface area contributed by atoms with Crippen molar-refractivity contribution in [2.75, 3.05) is 40.0 Å². The first-order valence-corrected chi connectivity index (χ1v) is 6.55. The van der Waals surface area contributed by atoms with E-state index in [9.17, 15) is 0 Å². The molecule has 0 aromatic carbocycles. The van der Waals surface area contributed by atoms with Crippen molar-refractivity contribution >= 4 is 0 Å². The maximum atomic E-state index is 5.65. The Hall–Kier alpha value is -0.910. The van der Waals surface area contributed by atoms with Crippen molar-refractivity contribution in [1.29, 1.82) is 0 Å². The van der Waals surface area contributed by atoms with E-state index >= 15 is 0 Å². The highest BCUT2D eigenvalue weighted by Crippen LogP contribution is 2.11. The lowest BCUT2D eigenvalue weighted by Gasteiger charge is -2.27. The van der Waals surface area contributed by atoms with E-state index in [2.05, 4.69) is 36.0 Å². The fourth-order valence-corrected chi connectivity index (χ4v) is 2.33. The van der Waals surface area contributed by atoms with Crippen LogP contribution < -0.4 is 0 Å². The second-order valence-corrected chi connectivity index (χ2v) is 4.99. The molecule has 0 radical (unpaired) electrons. The molecule has 5 nitrogen and oxygen atoms in total. The van der Waals surface area contributed by atoms with Crippen LogP contribution in [0.4, 0.5) is 0 Å². The van der Waals surface area contributed by atoms with Gasteiger partial charge in [-0.1, -0.05) is 0 Å². The third-order valence-corrected chi connectivity index (χ3v) is 3.42. The molecule has 5 heteroatoms. The summed E-state index contributed by atoms with van der Waals surface area (Å²) < 4.78 is 11.1. The minimum atomic E-state index is 0.218. The van der Waals surface area contributed by atoms with Gasteiger partial charge in [-0.05, 0) is 32.9 Å². The molecule has 1 aromatic rings. The molecule has 1 atom stereocenters. The molecule has 0 aliphatic carbocycles. The number of nitrogens with one attached hydrogen (secondary N) is 1. The molecule has 1 saturated heterocycles. The summed E-state index contributed by atoms with van der Waals surface area (Å²) in [5, 5.41) is 7.25. The minimum absolute atomic E-state index is 0.218. The average Bonchev–Trinajstić information content (AvgIpc) is 2.68. The number of H-pyrrole nitrogens is 1. The van der Waals surface area contributed by atoms with Crippen molar-refractivity contribution in [2.24, 2.45) is 0 Å². The number of aromatic amines is 1. The molecule has 0 unspecified atom stereocenters. The number of aromatic nitrogens is 2. The van der Waals surface area contributed by atoms with Crippen molar-refractivity contribution in [3.05, 3.63) is 17.0 Å². The van der Waals surface area contributed by atoms with Gasteiger partial charge in [0.2, 0.25) is 0 Å². The summed E-state index contributed by atoms with van der Waals surface area (Å²) >= 11 is 0. The van der Waals surface area contributed by atoms with Gasteiger partial charge in [0.15, 0.2) is 0 Å². The highest BCUT2D eigenvalue weighted by molar-refractivity contribution is 5.23. The maximum absolute atomic E-state index is 5.65. The van der Waals surface area contributed by atoms with E-state index < -0.39 is 0 Å². The molecule has 1 N–H and O–H groups in total. The Morgan fingerprint density at radius 3 is 2.83 bits per heavy atom. The van der Waals surface area contributed by atoms with E-state index in [1.165, 1.54) is 11.3 Å². The number of hydrogen-bond donors (Lipinski definition) is 1. The highest BCUT2D eigenvalue weighted by atomic mass is 16.6. The van der Waals surface area contributed by atoms with Crippen LogP contribution in [0.5, 0.6) is 0 Å². The van der Waals surface area contributed by atoms with Gasteiger partial charge in [0.05, 0.1) is 31.6 Å². The minimum Gasteiger partial charge on any atom is -0.376 e. The Morgan fingerprint density at radius 2 is 2.22 bits per heavy atom. The maximum Gasteiger partial charge on any atom is 0.0936 e. The number of rotatable bonds is 5. The quantitative estimate of drug-likeness (QED) is 0.847. The largest absolute Gasteiger partial charge is 0.376 e. The van der Waals surface area contributed by atoms with Gasteiger partial charge in [-0.3, -0.25) is 5.10 Å². The molecule has 1 aromatic heterocycles. The number of aryl methyl sites for hydroxylation is 2. The topological polar surface area (TPSA) is 50.4 Å². The summed E-state index contributed by atoms with van der Waals surface area (Å²) in [6.07, 6.45) is 1.24. The van der Waals surface area contributed by atoms with Gasteiger partial charge in [-0.25, -0.2) is 0 Å². The molecule has 2 rings (SSSR count). The van der Waals surface area contributed by atoms with Crippen LogP contribution in [-0.4, -0.2) is 61.2 Å². The smallest absolute Gasteiger partial charge is 0.0936 e. The van der Waals surface area contributed by atoms with Crippen LogP contribution in [0.2, 0.25) is 0 Å². The van der Waals surface area contributed by atoms with Crippen LogP contribution in [0.15, 0.2) is 0 Å². The summed E-state index contributed by atoms with van der Waals surface area (Å²) in [4.78, 5) is 2.30. The number of nitrogens with zero attached hydrogens (tertiary/aromatic N) is 2. The van der Waals surface area contributed by atoms with Crippen LogP contribution >= 0.6 is 0 Å². The lowest BCUT2D eigenvalue weighted by molar-refractivity contribution is -0.0956. The van der Waals surface area contributed by atoms with Crippen molar-refractivity contribution in [3.8, 4) is 0 Å². The van der Waals surface area contributed by atoms with Crippen molar-refractivity contribution in [3.63, 3.8) is 0 Å². The van der Waals surface area contributed by atoms with E-state index in [1.54, 1.807) is 0 Å². The normalized spacial score (nSPS) is 20.6. The zero-order valence-electron chi connectivity index (χ0n) is 11.5. The fraction of sp³-hybridized carbons (Fsp3) is 0.769. The first-order chi connectivity index (χ1) is 8.66. The third kappa shape index (κ3) is 3.54. The molecule has 18 heavy (non-hydrogen) atoms. The van der Waals surface area contributed by atoms with E-state index in [0.29, 0.717) is 6.61 Å². The van der Waals surface area contributed by atoms with Crippen molar-refractivity contribution in [2.45, 2.75) is 26.4 Å². The van der Waals surface area contributed by atoms with Crippen LogP contribution in [0, 0.1) is 13.8 Å². The Balaban J connectivity index is 1.75. The number of hydrogen-bond acceptors (Lipinski definition) is 4. The Kier molecular flexibility index (Phi) is 4.74. The molecule has 0 saturated carbocycles. The Morgan fingerprint density at radius 1 is 1.39 bits per heavy atom. The molecule has 1 aliphatic rings. The molecule has 0 amide bonds. The predicted molar refractivity (Wildman–Crippen MR) is 69.8 cm³/mol. The van der Waals surface area contributed by atoms with Crippen LogP contribution in [-0.2, 0) is 15.9 Å². The summed E-state index contributed by atoms with van der Waals surface area (Å²) in [5.41, 5.74) is 3.62. The Labute approximate surface area is 108 Å². The van der Waals surface area contributed by atoms with E-state index in [-0.39, 0.29) is 6.10 Å². The molecule has 2 heterocycles. The van der Waals surface area contributed by atoms with Gasteiger partial charge in [0.25, 0.3) is 0 Å². The van der Waals surface area contributed by atoms with Crippen molar-refractivity contribution in [1.82, 2.24) is 15.1 Å². The summed E-state index contributed by atoms with van der Waals surface area (Å²) in [6, 6.07) is 0. The van der Waals surface area contributed by atoms with Crippen molar-refractivity contribution < 1.29 is 9.47 Å². The van der Waals surface area contributed by atoms with Crippen LogP contribution in [0.1, 0.15) is 17.0 Å². The molecule has 102 valence electrons. The van der Waals surface area contributed by atoms with Gasteiger partial charge < -0.3 is 14.4 Å². The van der Waals surface area contributed by atoms with Crippen LogP contribution in [0.25, 0.3) is 0 Å². The van der Waals surface area contributed by atoms with Gasteiger partial charge in [0, 0.05) is 18.8 Å². The molecule has 1 fully saturated rings. The summed E-state index contributed by atoms with van der Waals surface area (Å²) in [5.74, 6) is 0. The number of likely N-dealkylation sites (N-methyl/N-ethyl adjacent to an activating group) is 1. The van der Waals surface area contributed by atoms with E-state index in [1.807, 2.05) is 0 Å². The van der Waals surface area contributed by atoms with Gasteiger partial charge >= 0.3 is 0 Å². The molecule has 0 spiro atoms. The van der Waals surface area contributed by atoms with Gasteiger partial charge in [-0.15, -0.1) is 0 Å². The Bertz CT molecular complexity index is 353. The van der Waals surface area contributed by atoms with E-state index in [4.69, 9.17) is 9.47 Å². The zero-order chi connectivity index (χ0) is 13.0. The second kappa shape index (κ2) is 6.31. The molecule has 0 bridgehead atoms. The zero-order valence-corrected chi connectivity index (χ0v) is 11.5. The first-order valence-electron chi connectivity index (χ1n) is 6.55. The molecule has 1 aliphatic heterocycles. The summed E-state index contributed by atoms with van der Waals surface area (Å²) in [7, 11) is 2.13. The second-order valence-electron chi connectivity index (χ2n) is 4.99. The number of ether oxygens (including phenoxy) is 2. The first kappa shape index (κ1) is 13.5. The monoisotopic (exact) mass is 253 g/mol. The SMILES string of the molecule is Cc1n[nH]c(C)c1CCN(C)C[C@H]1COCCO1. The lowest BCUT2D eigenvalue weighted by atomic mass is 10.1. The van der Waals surface area contributed by atoms with E-state index in [0.717, 1.165) is 38.4 Å². The standard InChI is InChI=1S/C13H23N3O2/c1-10-13(11(2)15-14-10)4-5-16(3)8-12-9-17-6-7-18-12/h12H,4-9H2,1-3H3,(H,14,15)/t12-/m0/s1. The van der Waals surface area contributed by atoms with Crippen LogP contribution in [0.3, 0.4) is 0 Å². The highest BCUT2D eigenvalue weighted by Gasteiger charge is 2.16. The lowest BCUT2D eigenvalue weighted by Crippen LogP contribution is -2.39. The molecular formula is C13H23N3O2. The third-order valence-electron chi connectivity index (χ3n) is 3.42. The van der Waals surface area contributed by atoms with Gasteiger partial charge in [0.1, 0.15) is 0 Å². The van der Waals surface area contributed by atoms with Gasteiger partial charge in [-0.2, -0.15) is 5.10 Å². The predicted octanol–water partition coefficient (Wildman–Crippen LogP) is 0.916. The summed E-state index contributed by atoms with van der Waals surface area (Å²) in [6.45, 7) is 8.24. The molecular weight excluding hydrogens is 230 g/mol.